The molecule has 0 spiro atoms. The molecule has 0 unspecified atom stereocenters. The predicted molar refractivity (Wildman–Crippen MR) is 44.0 cm³/mol. The van der Waals surface area contributed by atoms with Gasteiger partial charge in [-0.1, -0.05) is 22.9 Å². The number of aromatic nitrogens is 1. The second-order valence-corrected chi connectivity index (χ2v) is 2.60. The molecule has 0 N–H and O–H groups in total. The third-order valence-corrected chi connectivity index (χ3v) is 1.77. The second-order valence-electron chi connectivity index (χ2n) is 2.04. The minimum atomic E-state index is -0.0477. The Morgan fingerprint density at radius 1 is 1.82 bits per heavy atom. The number of aryl methyl sites for hydroxylation is 1. The number of hydrogen-bond acceptors (Lipinski definition) is 3. The molecule has 1 rings (SSSR count). The molecule has 0 aromatic carbocycles. The molecule has 0 atom stereocenters. The van der Waals surface area contributed by atoms with Crippen LogP contribution in [0.3, 0.4) is 0 Å². The normalized spacial score (nSPS) is 10.0. The molecule has 1 aromatic heterocycles. The van der Waals surface area contributed by atoms with Gasteiger partial charge in [0.15, 0.2) is 11.7 Å². The maximum absolute atomic E-state index is 11.0. The quantitative estimate of drug-likeness (QED) is 0.574. The average molecular weight is 218 g/mol. The first-order chi connectivity index (χ1) is 5.27. The first-order valence-electron chi connectivity index (χ1n) is 3.31. The van der Waals surface area contributed by atoms with Gasteiger partial charge in [0, 0.05) is 6.42 Å². The molecule has 3 nitrogen and oxygen atoms in total. The maximum atomic E-state index is 11.0. The number of hydrogen-bond donors (Lipinski definition) is 0. The molecule has 0 aliphatic rings. The van der Waals surface area contributed by atoms with Crippen molar-refractivity contribution >= 4 is 21.7 Å². The van der Waals surface area contributed by atoms with E-state index < -0.39 is 0 Å². The van der Waals surface area contributed by atoms with Crippen molar-refractivity contribution in [1.29, 1.82) is 0 Å². The Bertz CT molecular complexity index is 257. The summed E-state index contributed by atoms with van der Waals surface area (Å²) in [5, 5.41) is 0.294. The van der Waals surface area contributed by atoms with Gasteiger partial charge in [0.1, 0.15) is 12.0 Å². The van der Waals surface area contributed by atoms with Crippen LogP contribution < -0.4 is 0 Å². The van der Waals surface area contributed by atoms with Crippen LogP contribution in [-0.4, -0.2) is 16.1 Å². The number of halogens is 1. The zero-order valence-corrected chi connectivity index (χ0v) is 7.72. The highest BCUT2D eigenvalue weighted by Crippen LogP contribution is 2.04. The average Bonchev–Trinajstić information content (AvgIpc) is 2.50. The van der Waals surface area contributed by atoms with E-state index in [2.05, 4.69) is 20.9 Å². The second kappa shape index (κ2) is 3.67. The molecule has 1 heterocycles. The van der Waals surface area contributed by atoms with Gasteiger partial charge in [-0.2, -0.15) is 0 Å². The third-order valence-electron chi connectivity index (χ3n) is 1.26. The smallest absolute Gasteiger partial charge is 0.194 e. The lowest BCUT2D eigenvalue weighted by Gasteiger charge is -1.84. The van der Waals surface area contributed by atoms with Crippen LogP contribution in [0.15, 0.2) is 10.7 Å². The van der Waals surface area contributed by atoms with Crippen molar-refractivity contribution in [3.05, 3.63) is 17.8 Å². The lowest BCUT2D eigenvalue weighted by molar-refractivity contribution is 0.101. The number of alkyl halides is 1. The van der Waals surface area contributed by atoms with Crippen LogP contribution in [0, 0.1) is 0 Å². The maximum Gasteiger partial charge on any atom is 0.194 e. The van der Waals surface area contributed by atoms with Gasteiger partial charge in [0.2, 0.25) is 0 Å². The molecule has 4 heteroatoms. The Kier molecular flexibility index (Phi) is 2.82. The van der Waals surface area contributed by atoms with E-state index in [9.17, 15) is 4.79 Å². The Hall–Kier alpha value is -0.640. The van der Waals surface area contributed by atoms with Crippen LogP contribution in [0.5, 0.6) is 0 Å². The summed E-state index contributed by atoms with van der Waals surface area (Å²) in [7, 11) is 0. The zero-order valence-electron chi connectivity index (χ0n) is 6.13. The molecule has 11 heavy (non-hydrogen) atoms. The van der Waals surface area contributed by atoms with Crippen molar-refractivity contribution in [2.45, 2.75) is 13.3 Å². The lowest BCUT2D eigenvalue weighted by atomic mass is 10.3. The highest BCUT2D eigenvalue weighted by atomic mass is 79.9. The predicted octanol–water partition coefficient (Wildman–Crippen LogP) is 1.81. The fraction of sp³-hybridized carbons (Fsp3) is 0.429. The number of carbonyl (C=O) groups is 1. The number of Topliss-reactive ketones (excluding diaryl/α,β-unsaturated/α-hetero) is 1. The zero-order chi connectivity index (χ0) is 8.27. The number of ketones is 1. The molecule has 0 saturated heterocycles. The monoisotopic (exact) mass is 217 g/mol. The summed E-state index contributed by atoms with van der Waals surface area (Å²) < 4.78 is 4.98. The molecule has 60 valence electrons. The molecule has 0 fully saturated rings. The van der Waals surface area contributed by atoms with Crippen LogP contribution in [0.2, 0.25) is 0 Å². The van der Waals surface area contributed by atoms with E-state index in [1.54, 1.807) is 0 Å². The van der Waals surface area contributed by atoms with Crippen molar-refractivity contribution in [1.82, 2.24) is 4.98 Å². The van der Waals surface area contributed by atoms with Gasteiger partial charge in [-0.3, -0.25) is 4.79 Å². The van der Waals surface area contributed by atoms with Crippen LogP contribution >= 0.6 is 15.9 Å². The van der Waals surface area contributed by atoms with Gasteiger partial charge in [0.25, 0.3) is 0 Å². The van der Waals surface area contributed by atoms with Crippen molar-refractivity contribution in [2.75, 3.05) is 5.33 Å². The van der Waals surface area contributed by atoms with E-state index in [-0.39, 0.29) is 5.78 Å². The van der Waals surface area contributed by atoms with E-state index in [1.807, 2.05) is 6.92 Å². The minimum Gasteiger partial charge on any atom is -0.448 e. The molecule has 1 aromatic rings. The van der Waals surface area contributed by atoms with Crippen LogP contribution in [-0.2, 0) is 6.42 Å². The van der Waals surface area contributed by atoms with Crippen molar-refractivity contribution < 1.29 is 9.21 Å². The van der Waals surface area contributed by atoms with Crippen LogP contribution in [0.4, 0.5) is 0 Å². The Morgan fingerprint density at radius 3 is 3.00 bits per heavy atom. The van der Waals surface area contributed by atoms with Crippen molar-refractivity contribution in [3.63, 3.8) is 0 Å². The van der Waals surface area contributed by atoms with E-state index >= 15 is 0 Å². The summed E-state index contributed by atoms with van der Waals surface area (Å²) in [5.41, 5.74) is 0.402. The van der Waals surface area contributed by atoms with E-state index in [4.69, 9.17) is 4.42 Å². The fourth-order valence-corrected chi connectivity index (χ4v) is 0.957. The summed E-state index contributed by atoms with van der Waals surface area (Å²) in [4.78, 5) is 14.9. The Labute approximate surface area is 72.9 Å². The Balaban J connectivity index is 2.80. The number of oxazole rings is 1. The topological polar surface area (TPSA) is 43.1 Å². The van der Waals surface area contributed by atoms with Gasteiger partial charge < -0.3 is 4.42 Å². The number of rotatable bonds is 3. The summed E-state index contributed by atoms with van der Waals surface area (Å²) in [6.07, 6.45) is 2.11. The summed E-state index contributed by atoms with van der Waals surface area (Å²) in [6, 6.07) is 0. The van der Waals surface area contributed by atoms with E-state index in [1.165, 1.54) is 6.26 Å². The van der Waals surface area contributed by atoms with Crippen molar-refractivity contribution in [2.24, 2.45) is 0 Å². The van der Waals surface area contributed by atoms with E-state index in [0.29, 0.717) is 16.9 Å². The summed E-state index contributed by atoms with van der Waals surface area (Å²) in [5.74, 6) is 0.558. The molecule has 0 radical (unpaired) electrons. The van der Waals surface area contributed by atoms with Gasteiger partial charge in [-0.05, 0) is 0 Å². The Morgan fingerprint density at radius 2 is 2.55 bits per heavy atom. The highest BCUT2D eigenvalue weighted by Gasteiger charge is 2.08. The van der Waals surface area contributed by atoms with Gasteiger partial charge in [-0.15, -0.1) is 0 Å². The molecule has 0 saturated carbocycles. The first kappa shape index (κ1) is 8.46. The first-order valence-corrected chi connectivity index (χ1v) is 4.43. The van der Waals surface area contributed by atoms with Crippen LogP contribution in [0.25, 0.3) is 0 Å². The molecule has 0 aliphatic heterocycles. The van der Waals surface area contributed by atoms with Gasteiger partial charge in [-0.25, -0.2) is 4.98 Å². The molecule has 0 bridgehead atoms. The van der Waals surface area contributed by atoms with E-state index in [0.717, 1.165) is 6.42 Å². The number of nitrogens with zero attached hydrogens (tertiary/aromatic N) is 1. The third kappa shape index (κ3) is 1.89. The highest BCUT2D eigenvalue weighted by molar-refractivity contribution is 9.09. The summed E-state index contributed by atoms with van der Waals surface area (Å²) in [6.45, 7) is 1.92. The fourth-order valence-electron chi connectivity index (χ4n) is 0.670. The molecule has 0 aliphatic carbocycles. The molecule has 0 amide bonds. The minimum absolute atomic E-state index is 0.0477. The SMILES string of the molecule is CCc1nc(C(=O)CBr)co1. The standard InChI is InChI=1S/C7H8BrNO2/c1-2-7-9-5(4-11-7)6(10)3-8/h4H,2-3H2,1H3. The molecular weight excluding hydrogens is 210 g/mol. The van der Waals surface area contributed by atoms with Gasteiger partial charge >= 0.3 is 0 Å². The van der Waals surface area contributed by atoms with Crippen molar-refractivity contribution in [3.8, 4) is 0 Å². The number of carbonyl (C=O) groups excluding carboxylic acids is 1. The largest absolute Gasteiger partial charge is 0.448 e. The lowest BCUT2D eigenvalue weighted by Crippen LogP contribution is -1.99. The van der Waals surface area contributed by atoms with Gasteiger partial charge in [0.05, 0.1) is 5.33 Å². The summed E-state index contributed by atoms with van der Waals surface area (Å²) >= 11 is 3.05. The molecular formula is C7H8BrNO2. The van der Waals surface area contributed by atoms with Crippen LogP contribution in [0.1, 0.15) is 23.3 Å².